The maximum Gasteiger partial charge on any atom is 0.326 e. The molecule has 6 nitrogen and oxygen atoms in total. The minimum Gasteiger partial charge on any atom is -0.480 e. The summed E-state index contributed by atoms with van der Waals surface area (Å²) < 4.78 is 4.76. The Hall–Kier alpha value is -1.85. The summed E-state index contributed by atoms with van der Waals surface area (Å²) in [5.74, 6) is -1.29. The summed E-state index contributed by atoms with van der Waals surface area (Å²) in [5, 5.41) is 15.0. The fourth-order valence-electron chi connectivity index (χ4n) is 1.42. The number of amides is 1. The Morgan fingerprint density at radius 1 is 1.59 bits per heavy atom. The van der Waals surface area contributed by atoms with Gasteiger partial charge in [0, 0.05) is 0 Å². The van der Waals surface area contributed by atoms with Crippen LogP contribution in [0.5, 0.6) is 0 Å². The Kier molecular flexibility index (Phi) is 4.25. The van der Waals surface area contributed by atoms with Gasteiger partial charge in [0.15, 0.2) is 0 Å². The number of aromatic nitrogens is 1. The number of carboxylic acids is 1. The highest BCUT2D eigenvalue weighted by Gasteiger charge is 2.26. The largest absolute Gasteiger partial charge is 0.480 e. The summed E-state index contributed by atoms with van der Waals surface area (Å²) in [6.07, 6.45) is 1.94. The Labute approximate surface area is 99.0 Å². The molecule has 1 amide bonds. The van der Waals surface area contributed by atoms with Crippen molar-refractivity contribution in [3.05, 3.63) is 17.5 Å². The molecule has 0 bridgehead atoms. The van der Waals surface area contributed by atoms with Crippen LogP contribution in [0.2, 0.25) is 0 Å². The van der Waals surface area contributed by atoms with Crippen molar-refractivity contribution in [1.29, 1.82) is 0 Å². The lowest BCUT2D eigenvalue weighted by molar-refractivity contribution is -0.140. The molecule has 1 aromatic heterocycles. The normalized spacial score (nSPS) is 14.1. The molecular weight excluding hydrogens is 224 g/mol. The van der Waals surface area contributed by atoms with Gasteiger partial charge in [-0.3, -0.25) is 4.79 Å². The van der Waals surface area contributed by atoms with Crippen molar-refractivity contribution in [3.8, 4) is 0 Å². The number of carbonyl (C=O) groups excluding carboxylic acids is 1. The highest BCUT2D eigenvalue weighted by molar-refractivity contribution is 5.97. The molecule has 0 saturated carbocycles. The van der Waals surface area contributed by atoms with Crippen LogP contribution in [0.1, 0.15) is 36.4 Å². The highest BCUT2D eigenvalue weighted by Crippen LogP contribution is 2.11. The zero-order valence-corrected chi connectivity index (χ0v) is 10.1. The zero-order chi connectivity index (χ0) is 13.0. The van der Waals surface area contributed by atoms with Gasteiger partial charge in [-0.05, 0) is 12.8 Å². The van der Waals surface area contributed by atoms with Crippen molar-refractivity contribution in [3.63, 3.8) is 0 Å². The molecule has 0 aliphatic carbocycles. The second-order valence-electron chi connectivity index (χ2n) is 3.97. The van der Waals surface area contributed by atoms with Gasteiger partial charge in [-0.25, -0.2) is 4.79 Å². The van der Waals surface area contributed by atoms with Crippen LogP contribution in [-0.2, 0) is 4.79 Å². The van der Waals surface area contributed by atoms with Crippen LogP contribution in [0, 0.1) is 12.8 Å². The van der Waals surface area contributed by atoms with E-state index >= 15 is 0 Å². The maximum atomic E-state index is 11.8. The van der Waals surface area contributed by atoms with Crippen LogP contribution in [0.3, 0.4) is 0 Å². The van der Waals surface area contributed by atoms with Crippen LogP contribution in [-0.4, -0.2) is 28.2 Å². The summed E-state index contributed by atoms with van der Waals surface area (Å²) in [7, 11) is 0. The van der Waals surface area contributed by atoms with E-state index in [9.17, 15) is 9.59 Å². The van der Waals surface area contributed by atoms with Crippen molar-refractivity contribution in [2.24, 2.45) is 5.92 Å². The number of nitrogens with zero attached hydrogens (tertiary/aromatic N) is 1. The van der Waals surface area contributed by atoms with Gasteiger partial charge in [-0.15, -0.1) is 0 Å². The molecule has 0 radical (unpaired) electrons. The SMILES string of the molecule is CC[C@H](C)[C@H](NC(=O)c1cnoc1C)C(=O)O. The number of hydrogen-bond acceptors (Lipinski definition) is 4. The van der Waals surface area contributed by atoms with Gasteiger partial charge < -0.3 is 14.9 Å². The van der Waals surface area contributed by atoms with Crippen LogP contribution < -0.4 is 5.32 Å². The minimum atomic E-state index is -1.04. The second kappa shape index (κ2) is 5.47. The molecule has 1 aromatic rings. The van der Waals surface area contributed by atoms with Gasteiger partial charge in [0.2, 0.25) is 0 Å². The standard InChI is InChI=1S/C11H16N2O4/c1-4-6(2)9(11(15)16)13-10(14)8-5-12-17-7(8)3/h5-6,9H,4H2,1-3H3,(H,13,14)(H,15,16)/t6-,9-/m0/s1. The van der Waals surface area contributed by atoms with Crippen LogP contribution in [0.25, 0.3) is 0 Å². The lowest BCUT2D eigenvalue weighted by Gasteiger charge is -2.19. The molecule has 1 heterocycles. The molecular formula is C11H16N2O4. The van der Waals surface area contributed by atoms with Gasteiger partial charge in [0.1, 0.15) is 17.4 Å². The van der Waals surface area contributed by atoms with E-state index in [0.29, 0.717) is 12.2 Å². The van der Waals surface area contributed by atoms with E-state index in [1.165, 1.54) is 6.20 Å². The van der Waals surface area contributed by atoms with Crippen LogP contribution in [0.4, 0.5) is 0 Å². The van der Waals surface area contributed by atoms with Crippen LogP contribution >= 0.6 is 0 Å². The van der Waals surface area contributed by atoms with E-state index in [4.69, 9.17) is 9.63 Å². The summed E-state index contributed by atoms with van der Waals surface area (Å²) >= 11 is 0. The molecule has 0 aliphatic rings. The van der Waals surface area contributed by atoms with E-state index in [1.54, 1.807) is 13.8 Å². The number of aliphatic carboxylic acids is 1. The lowest BCUT2D eigenvalue weighted by atomic mass is 9.99. The Bertz CT molecular complexity index is 413. The summed E-state index contributed by atoms with van der Waals surface area (Å²) in [6.45, 7) is 5.25. The number of carboxylic acid groups (broad SMARTS) is 1. The smallest absolute Gasteiger partial charge is 0.326 e. The Morgan fingerprint density at radius 3 is 2.65 bits per heavy atom. The first kappa shape index (κ1) is 13.2. The molecule has 1 rings (SSSR count). The molecule has 2 N–H and O–H groups in total. The van der Waals surface area contributed by atoms with E-state index < -0.39 is 17.9 Å². The third-order valence-corrected chi connectivity index (χ3v) is 2.76. The van der Waals surface area contributed by atoms with Gasteiger partial charge in [0.25, 0.3) is 5.91 Å². The summed E-state index contributed by atoms with van der Waals surface area (Å²) in [5.41, 5.74) is 0.263. The average molecular weight is 240 g/mol. The summed E-state index contributed by atoms with van der Waals surface area (Å²) in [6, 6.07) is -0.901. The number of hydrogen-bond donors (Lipinski definition) is 2. The number of nitrogens with one attached hydrogen (secondary N) is 1. The van der Waals surface area contributed by atoms with Gasteiger partial charge in [-0.2, -0.15) is 0 Å². The monoisotopic (exact) mass is 240 g/mol. The molecule has 0 unspecified atom stereocenters. The Morgan fingerprint density at radius 2 is 2.24 bits per heavy atom. The zero-order valence-electron chi connectivity index (χ0n) is 10.1. The molecule has 6 heteroatoms. The molecule has 0 spiro atoms. The number of aryl methyl sites for hydroxylation is 1. The minimum absolute atomic E-state index is 0.142. The first-order valence-corrected chi connectivity index (χ1v) is 5.42. The molecule has 0 aromatic carbocycles. The molecule has 0 fully saturated rings. The fourth-order valence-corrected chi connectivity index (χ4v) is 1.42. The average Bonchev–Trinajstić information content (AvgIpc) is 2.70. The van der Waals surface area contributed by atoms with Crippen molar-refractivity contribution in [2.45, 2.75) is 33.2 Å². The van der Waals surface area contributed by atoms with E-state index in [1.807, 2.05) is 6.92 Å². The predicted octanol–water partition coefficient (Wildman–Crippen LogP) is 1.21. The quantitative estimate of drug-likeness (QED) is 0.807. The second-order valence-corrected chi connectivity index (χ2v) is 3.97. The van der Waals surface area contributed by atoms with Crippen molar-refractivity contribution >= 4 is 11.9 Å². The molecule has 0 saturated heterocycles. The van der Waals surface area contributed by atoms with Crippen molar-refractivity contribution < 1.29 is 19.2 Å². The number of rotatable bonds is 5. The first-order chi connectivity index (χ1) is 7.97. The van der Waals surface area contributed by atoms with Crippen LogP contribution in [0.15, 0.2) is 10.7 Å². The van der Waals surface area contributed by atoms with E-state index in [2.05, 4.69) is 10.5 Å². The maximum absolute atomic E-state index is 11.8. The topological polar surface area (TPSA) is 92.4 Å². The third-order valence-electron chi connectivity index (χ3n) is 2.76. The van der Waals surface area contributed by atoms with E-state index in [-0.39, 0.29) is 11.5 Å². The molecule has 17 heavy (non-hydrogen) atoms. The van der Waals surface area contributed by atoms with E-state index in [0.717, 1.165) is 0 Å². The highest BCUT2D eigenvalue weighted by atomic mass is 16.5. The predicted molar refractivity (Wildman–Crippen MR) is 59.6 cm³/mol. The van der Waals surface area contributed by atoms with Crippen molar-refractivity contribution in [1.82, 2.24) is 10.5 Å². The van der Waals surface area contributed by atoms with Gasteiger partial charge >= 0.3 is 5.97 Å². The molecule has 2 atom stereocenters. The number of carbonyl (C=O) groups is 2. The fraction of sp³-hybridized carbons (Fsp3) is 0.545. The van der Waals surface area contributed by atoms with Gasteiger partial charge in [-0.1, -0.05) is 25.4 Å². The lowest BCUT2D eigenvalue weighted by Crippen LogP contribution is -2.45. The summed E-state index contributed by atoms with van der Waals surface area (Å²) in [4.78, 5) is 22.8. The third kappa shape index (κ3) is 3.05. The Balaban J connectivity index is 2.78. The van der Waals surface area contributed by atoms with Crippen molar-refractivity contribution in [2.75, 3.05) is 0 Å². The molecule has 0 aliphatic heterocycles. The molecule has 94 valence electrons. The first-order valence-electron chi connectivity index (χ1n) is 5.42. The van der Waals surface area contributed by atoms with Gasteiger partial charge in [0.05, 0.1) is 6.20 Å².